The van der Waals surface area contributed by atoms with Gasteiger partial charge in [0.25, 0.3) is 5.91 Å². The summed E-state index contributed by atoms with van der Waals surface area (Å²) >= 11 is 12.6. The molecule has 0 bridgehead atoms. The molecule has 0 aliphatic carbocycles. The number of nitrogens with one attached hydrogen (secondary N) is 3. The molecule has 0 unspecified atom stereocenters. The summed E-state index contributed by atoms with van der Waals surface area (Å²) in [5, 5.41) is 9.41. The van der Waals surface area contributed by atoms with Crippen LogP contribution in [0.15, 0.2) is 42.6 Å². The minimum absolute atomic E-state index is 0.0896. The number of carbonyl (C=O) groups excluding carboxylic acids is 2. The lowest BCUT2D eigenvalue weighted by Crippen LogP contribution is -2.27. The maximum absolute atomic E-state index is 12.2. The summed E-state index contributed by atoms with van der Waals surface area (Å²) < 4.78 is 0. The number of halogens is 2. The van der Waals surface area contributed by atoms with Gasteiger partial charge in [-0.05, 0) is 41.8 Å². The third-order valence-corrected chi connectivity index (χ3v) is 6.01. The fraction of sp³-hybridized carbons (Fsp3) is 0.217. The van der Waals surface area contributed by atoms with Crippen molar-refractivity contribution in [2.75, 3.05) is 31.3 Å². The number of likely N-dealkylation sites (N-methyl/N-ethyl adjacent to an activating group) is 1. The molecule has 0 radical (unpaired) electrons. The average Bonchev–Trinajstić information content (AvgIpc) is 2.94. The van der Waals surface area contributed by atoms with Crippen LogP contribution in [-0.4, -0.2) is 47.3 Å². The predicted octanol–water partition coefficient (Wildman–Crippen LogP) is 4.19. The van der Waals surface area contributed by atoms with Crippen molar-refractivity contribution < 1.29 is 9.59 Å². The number of carbonyl (C=O) groups is 2. The molecule has 2 heterocycles. The average molecular weight is 485 g/mol. The van der Waals surface area contributed by atoms with Crippen LogP contribution in [-0.2, 0) is 17.6 Å². The van der Waals surface area contributed by atoms with Crippen LogP contribution in [0.1, 0.15) is 21.5 Å². The molecular formula is C23H22Cl2N6O2. The molecule has 0 fully saturated rings. The summed E-state index contributed by atoms with van der Waals surface area (Å²) in [7, 11) is 3.36. The molecule has 3 N–H and O–H groups in total. The molecule has 0 saturated heterocycles. The first kappa shape index (κ1) is 22.8. The molecule has 4 rings (SSSR count). The van der Waals surface area contributed by atoms with E-state index >= 15 is 0 Å². The lowest BCUT2D eigenvalue weighted by Gasteiger charge is -2.14. The van der Waals surface area contributed by atoms with Gasteiger partial charge in [-0.1, -0.05) is 35.3 Å². The van der Waals surface area contributed by atoms with Crippen molar-refractivity contribution in [1.82, 2.24) is 20.2 Å². The van der Waals surface area contributed by atoms with E-state index in [1.165, 1.54) is 6.20 Å². The molecule has 2 amide bonds. The van der Waals surface area contributed by atoms with Crippen LogP contribution in [0.4, 0.5) is 23.1 Å². The maximum atomic E-state index is 12.2. The van der Waals surface area contributed by atoms with Crippen LogP contribution in [0.25, 0.3) is 0 Å². The zero-order valence-electron chi connectivity index (χ0n) is 18.1. The SMILES string of the molecule is CNC(=O)c1cccc(Cl)c1Nc1nc(Nc2ccc3c(c2)CC(=O)N(C)CC3)ncc1Cl. The Morgan fingerprint density at radius 3 is 2.70 bits per heavy atom. The van der Waals surface area contributed by atoms with Crippen molar-refractivity contribution in [3.05, 3.63) is 69.3 Å². The van der Waals surface area contributed by atoms with Gasteiger partial charge in [-0.25, -0.2) is 4.98 Å². The zero-order valence-corrected chi connectivity index (χ0v) is 19.6. The van der Waals surface area contributed by atoms with E-state index in [2.05, 4.69) is 25.9 Å². The normalized spacial score (nSPS) is 13.2. The summed E-state index contributed by atoms with van der Waals surface area (Å²) in [6.07, 6.45) is 2.62. The fourth-order valence-electron chi connectivity index (χ4n) is 3.56. The topological polar surface area (TPSA) is 99.2 Å². The highest BCUT2D eigenvalue weighted by Crippen LogP contribution is 2.32. The van der Waals surface area contributed by atoms with Crippen molar-refractivity contribution >= 4 is 58.2 Å². The Hall–Kier alpha value is -3.36. The highest BCUT2D eigenvalue weighted by Gasteiger charge is 2.19. The second-order valence-electron chi connectivity index (χ2n) is 7.61. The molecule has 1 aromatic heterocycles. The number of rotatable bonds is 5. The van der Waals surface area contributed by atoms with Gasteiger partial charge in [0.05, 0.1) is 28.9 Å². The van der Waals surface area contributed by atoms with Crippen LogP contribution in [0.2, 0.25) is 10.0 Å². The smallest absolute Gasteiger partial charge is 0.253 e. The Balaban J connectivity index is 1.60. The number of aromatic nitrogens is 2. The molecule has 170 valence electrons. The first-order chi connectivity index (χ1) is 15.9. The zero-order chi connectivity index (χ0) is 23.5. The second-order valence-corrected chi connectivity index (χ2v) is 8.42. The third-order valence-electron chi connectivity index (χ3n) is 5.42. The van der Waals surface area contributed by atoms with Crippen LogP contribution >= 0.6 is 23.2 Å². The molecule has 33 heavy (non-hydrogen) atoms. The molecule has 1 aliphatic rings. The first-order valence-electron chi connectivity index (χ1n) is 10.3. The fourth-order valence-corrected chi connectivity index (χ4v) is 3.92. The van der Waals surface area contributed by atoms with Gasteiger partial charge in [-0.2, -0.15) is 4.98 Å². The second kappa shape index (κ2) is 9.64. The predicted molar refractivity (Wildman–Crippen MR) is 130 cm³/mol. The summed E-state index contributed by atoms with van der Waals surface area (Å²) in [5.41, 5.74) is 3.63. The minimum atomic E-state index is -0.298. The van der Waals surface area contributed by atoms with Crippen LogP contribution in [0.5, 0.6) is 0 Å². The summed E-state index contributed by atoms with van der Waals surface area (Å²) in [5.74, 6) is 0.381. The van der Waals surface area contributed by atoms with Gasteiger partial charge in [-0.15, -0.1) is 0 Å². The number of hydrogen-bond donors (Lipinski definition) is 3. The number of hydrogen-bond acceptors (Lipinski definition) is 6. The Bertz CT molecular complexity index is 1230. The highest BCUT2D eigenvalue weighted by molar-refractivity contribution is 6.35. The van der Waals surface area contributed by atoms with Crippen LogP contribution in [0.3, 0.4) is 0 Å². The number of para-hydroxylation sites is 1. The Kier molecular flexibility index (Phi) is 6.67. The van der Waals surface area contributed by atoms with Crippen molar-refractivity contribution in [1.29, 1.82) is 0 Å². The molecule has 10 heteroatoms. The maximum Gasteiger partial charge on any atom is 0.253 e. The molecule has 8 nitrogen and oxygen atoms in total. The van der Waals surface area contributed by atoms with E-state index in [4.69, 9.17) is 23.2 Å². The van der Waals surface area contributed by atoms with Gasteiger partial charge in [0.1, 0.15) is 5.02 Å². The van der Waals surface area contributed by atoms with E-state index in [-0.39, 0.29) is 16.8 Å². The molecule has 2 aromatic carbocycles. The number of nitrogens with zero attached hydrogens (tertiary/aromatic N) is 3. The Morgan fingerprint density at radius 2 is 1.91 bits per heavy atom. The molecule has 0 atom stereocenters. The van der Waals surface area contributed by atoms with Crippen LogP contribution < -0.4 is 16.0 Å². The first-order valence-corrected chi connectivity index (χ1v) is 11.0. The minimum Gasteiger partial charge on any atom is -0.355 e. The largest absolute Gasteiger partial charge is 0.355 e. The monoisotopic (exact) mass is 484 g/mol. The molecular weight excluding hydrogens is 463 g/mol. The van der Waals surface area contributed by atoms with E-state index < -0.39 is 0 Å². The number of benzene rings is 2. The van der Waals surface area contributed by atoms with E-state index in [9.17, 15) is 9.59 Å². The van der Waals surface area contributed by atoms with Crippen molar-refractivity contribution in [2.24, 2.45) is 0 Å². The van der Waals surface area contributed by atoms with Gasteiger partial charge in [0.15, 0.2) is 5.82 Å². The van der Waals surface area contributed by atoms with Crippen molar-refractivity contribution in [2.45, 2.75) is 12.8 Å². The quantitative estimate of drug-likeness (QED) is 0.502. The van der Waals surface area contributed by atoms with E-state index in [0.717, 1.165) is 23.2 Å². The van der Waals surface area contributed by atoms with E-state index in [1.807, 2.05) is 25.2 Å². The van der Waals surface area contributed by atoms with Gasteiger partial charge >= 0.3 is 0 Å². The van der Waals surface area contributed by atoms with Crippen molar-refractivity contribution in [3.8, 4) is 0 Å². The number of anilines is 4. The van der Waals surface area contributed by atoms with Crippen molar-refractivity contribution in [3.63, 3.8) is 0 Å². The van der Waals surface area contributed by atoms with E-state index in [1.54, 1.807) is 30.1 Å². The van der Waals surface area contributed by atoms with Crippen LogP contribution in [0, 0.1) is 0 Å². The lowest BCUT2D eigenvalue weighted by atomic mass is 10.0. The van der Waals surface area contributed by atoms with Gasteiger partial charge in [-0.3, -0.25) is 9.59 Å². The number of amides is 2. The van der Waals surface area contributed by atoms with Gasteiger partial charge < -0.3 is 20.9 Å². The highest BCUT2D eigenvalue weighted by atomic mass is 35.5. The summed E-state index contributed by atoms with van der Waals surface area (Å²) in [6, 6.07) is 10.9. The van der Waals surface area contributed by atoms with E-state index in [0.29, 0.717) is 41.0 Å². The molecule has 0 spiro atoms. The third kappa shape index (κ3) is 5.02. The molecule has 0 saturated carbocycles. The van der Waals surface area contributed by atoms with Gasteiger partial charge in [0, 0.05) is 26.3 Å². The lowest BCUT2D eigenvalue weighted by molar-refractivity contribution is -0.128. The summed E-state index contributed by atoms with van der Waals surface area (Å²) in [4.78, 5) is 34.9. The molecule has 3 aromatic rings. The molecule has 1 aliphatic heterocycles. The Labute approximate surface area is 201 Å². The number of fused-ring (bicyclic) bond motifs is 1. The Morgan fingerprint density at radius 1 is 1.09 bits per heavy atom. The summed E-state index contributed by atoms with van der Waals surface area (Å²) in [6.45, 7) is 0.702. The standard InChI is InChI=1S/C23H22Cl2N6O2/c1-26-22(33)16-4-3-5-17(24)20(16)29-21-18(25)12-27-23(30-21)28-15-7-6-13-8-9-31(2)19(32)11-14(13)10-15/h3-7,10,12H,8-9,11H2,1-2H3,(H,26,33)(H2,27,28,29,30). The van der Waals surface area contributed by atoms with Gasteiger partial charge in [0.2, 0.25) is 11.9 Å².